The van der Waals surface area contributed by atoms with E-state index < -0.39 is 5.60 Å². The molecule has 0 saturated heterocycles. The van der Waals surface area contributed by atoms with Gasteiger partial charge in [-0.05, 0) is 30.6 Å². The molecule has 2 nitrogen and oxygen atoms in total. The van der Waals surface area contributed by atoms with Crippen LogP contribution in [-0.4, -0.2) is 17.3 Å². The summed E-state index contributed by atoms with van der Waals surface area (Å²) in [7, 11) is 0. The first-order valence-electron chi connectivity index (χ1n) is 6.07. The van der Waals surface area contributed by atoms with Crippen molar-refractivity contribution in [1.82, 2.24) is 0 Å². The van der Waals surface area contributed by atoms with E-state index in [2.05, 4.69) is 34.6 Å². The van der Waals surface area contributed by atoms with Gasteiger partial charge in [0.25, 0.3) is 0 Å². The standard InChI is InChI=1S/C13H27NO/c1-10-8-11(2,3)6-7-13(10,15)12(4,5)9-14/h10,15H,6-9,14H2,1-5H3. The van der Waals surface area contributed by atoms with E-state index in [1.807, 2.05) is 0 Å². The second-order valence-corrected chi connectivity index (χ2v) is 6.78. The molecule has 0 aromatic heterocycles. The normalized spacial score (nSPS) is 36.6. The molecular weight excluding hydrogens is 186 g/mol. The lowest BCUT2D eigenvalue weighted by molar-refractivity contribution is -0.144. The van der Waals surface area contributed by atoms with Gasteiger partial charge in [0.2, 0.25) is 0 Å². The van der Waals surface area contributed by atoms with Crippen LogP contribution < -0.4 is 5.73 Å². The van der Waals surface area contributed by atoms with Crippen molar-refractivity contribution in [2.75, 3.05) is 6.54 Å². The zero-order valence-corrected chi connectivity index (χ0v) is 10.9. The van der Waals surface area contributed by atoms with Gasteiger partial charge in [0.15, 0.2) is 0 Å². The third-order valence-corrected chi connectivity index (χ3v) is 4.54. The van der Waals surface area contributed by atoms with Crippen LogP contribution in [0.15, 0.2) is 0 Å². The highest BCUT2D eigenvalue weighted by Crippen LogP contribution is 2.50. The fourth-order valence-corrected chi connectivity index (χ4v) is 3.06. The smallest absolute Gasteiger partial charge is 0.0736 e. The summed E-state index contributed by atoms with van der Waals surface area (Å²) in [6, 6.07) is 0. The Morgan fingerprint density at radius 1 is 1.33 bits per heavy atom. The Morgan fingerprint density at radius 3 is 2.27 bits per heavy atom. The molecule has 0 aromatic carbocycles. The maximum atomic E-state index is 10.8. The zero-order chi connectivity index (χ0) is 11.9. The number of rotatable bonds is 2. The van der Waals surface area contributed by atoms with Crippen molar-refractivity contribution in [3.63, 3.8) is 0 Å². The van der Waals surface area contributed by atoms with E-state index in [-0.39, 0.29) is 5.41 Å². The van der Waals surface area contributed by atoms with Crippen molar-refractivity contribution in [2.24, 2.45) is 22.5 Å². The number of hydrogen-bond donors (Lipinski definition) is 2. The van der Waals surface area contributed by atoms with E-state index in [4.69, 9.17) is 5.73 Å². The predicted molar refractivity (Wildman–Crippen MR) is 64.6 cm³/mol. The van der Waals surface area contributed by atoms with Gasteiger partial charge < -0.3 is 10.8 Å². The third kappa shape index (κ3) is 2.21. The molecule has 0 radical (unpaired) electrons. The second kappa shape index (κ2) is 3.74. The molecule has 0 amide bonds. The summed E-state index contributed by atoms with van der Waals surface area (Å²) in [6.07, 6.45) is 3.07. The Kier molecular flexibility index (Phi) is 3.24. The van der Waals surface area contributed by atoms with Crippen LogP contribution in [0, 0.1) is 16.7 Å². The van der Waals surface area contributed by atoms with Gasteiger partial charge in [-0.1, -0.05) is 34.6 Å². The van der Waals surface area contributed by atoms with Gasteiger partial charge in [0, 0.05) is 12.0 Å². The molecule has 2 unspecified atom stereocenters. The molecular formula is C13H27NO. The van der Waals surface area contributed by atoms with Gasteiger partial charge in [-0.3, -0.25) is 0 Å². The van der Waals surface area contributed by atoms with Crippen molar-refractivity contribution in [3.8, 4) is 0 Å². The van der Waals surface area contributed by atoms with E-state index >= 15 is 0 Å². The van der Waals surface area contributed by atoms with Crippen molar-refractivity contribution >= 4 is 0 Å². The SMILES string of the molecule is CC1CC(C)(C)CCC1(O)C(C)(C)CN. The molecule has 0 spiro atoms. The Labute approximate surface area is 94.2 Å². The average molecular weight is 213 g/mol. The molecule has 0 aromatic rings. The minimum Gasteiger partial charge on any atom is -0.389 e. The summed E-state index contributed by atoms with van der Waals surface area (Å²) < 4.78 is 0. The molecule has 3 N–H and O–H groups in total. The molecule has 15 heavy (non-hydrogen) atoms. The largest absolute Gasteiger partial charge is 0.389 e. The second-order valence-electron chi connectivity index (χ2n) is 6.78. The summed E-state index contributed by atoms with van der Waals surface area (Å²) in [5.74, 6) is 0.333. The van der Waals surface area contributed by atoms with Gasteiger partial charge in [0.1, 0.15) is 0 Å². The molecule has 1 rings (SSSR count). The highest BCUT2D eigenvalue weighted by Gasteiger charge is 2.50. The van der Waals surface area contributed by atoms with Crippen LogP contribution in [0.4, 0.5) is 0 Å². The fourth-order valence-electron chi connectivity index (χ4n) is 3.06. The summed E-state index contributed by atoms with van der Waals surface area (Å²) in [4.78, 5) is 0. The number of hydrogen-bond acceptors (Lipinski definition) is 2. The quantitative estimate of drug-likeness (QED) is 0.740. The van der Waals surface area contributed by atoms with E-state index in [0.717, 1.165) is 19.3 Å². The van der Waals surface area contributed by atoms with Crippen molar-refractivity contribution in [3.05, 3.63) is 0 Å². The topological polar surface area (TPSA) is 46.2 Å². The molecule has 0 aliphatic heterocycles. The van der Waals surface area contributed by atoms with Crippen LogP contribution in [0.25, 0.3) is 0 Å². The maximum absolute atomic E-state index is 10.8. The first-order chi connectivity index (χ1) is 6.65. The minimum atomic E-state index is -0.586. The van der Waals surface area contributed by atoms with Crippen molar-refractivity contribution in [2.45, 2.75) is 59.5 Å². The Hall–Kier alpha value is -0.0800. The van der Waals surface area contributed by atoms with Gasteiger partial charge in [-0.15, -0.1) is 0 Å². The Balaban J connectivity index is 2.88. The molecule has 1 saturated carbocycles. The average Bonchev–Trinajstić information content (AvgIpc) is 2.11. The summed E-state index contributed by atoms with van der Waals surface area (Å²) in [5.41, 5.74) is 5.40. The number of nitrogens with two attached hydrogens (primary N) is 1. The summed E-state index contributed by atoms with van der Waals surface area (Å²) in [6.45, 7) is 11.5. The first kappa shape index (κ1) is 13.0. The first-order valence-corrected chi connectivity index (χ1v) is 6.07. The molecule has 90 valence electrons. The highest BCUT2D eigenvalue weighted by atomic mass is 16.3. The minimum absolute atomic E-state index is 0.178. The number of aliphatic hydroxyl groups is 1. The predicted octanol–water partition coefficient (Wildman–Crippen LogP) is 2.55. The van der Waals surface area contributed by atoms with Crippen molar-refractivity contribution in [1.29, 1.82) is 0 Å². The molecule has 0 heterocycles. The molecule has 1 aliphatic rings. The van der Waals surface area contributed by atoms with Crippen LogP contribution in [0.2, 0.25) is 0 Å². The third-order valence-electron chi connectivity index (χ3n) is 4.54. The summed E-state index contributed by atoms with van der Waals surface area (Å²) in [5, 5.41) is 10.8. The maximum Gasteiger partial charge on any atom is 0.0736 e. The van der Waals surface area contributed by atoms with Crippen LogP contribution in [0.1, 0.15) is 53.9 Å². The van der Waals surface area contributed by atoms with E-state index in [1.165, 1.54) is 0 Å². The Bertz CT molecular complexity index is 235. The monoisotopic (exact) mass is 213 g/mol. The van der Waals surface area contributed by atoms with Gasteiger partial charge in [0.05, 0.1) is 5.60 Å². The molecule has 2 heteroatoms. The van der Waals surface area contributed by atoms with Crippen LogP contribution in [0.3, 0.4) is 0 Å². The van der Waals surface area contributed by atoms with Crippen LogP contribution in [-0.2, 0) is 0 Å². The molecule has 0 bridgehead atoms. The van der Waals surface area contributed by atoms with Crippen LogP contribution >= 0.6 is 0 Å². The van der Waals surface area contributed by atoms with Crippen LogP contribution in [0.5, 0.6) is 0 Å². The van der Waals surface area contributed by atoms with E-state index in [1.54, 1.807) is 0 Å². The van der Waals surface area contributed by atoms with E-state index in [0.29, 0.717) is 17.9 Å². The zero-order valence-electron chi connectivity index (χ0n) is 10.9. The summed E-state index contributed by atoms with van der Waals surface area (Å²) >= 11 is 0. The van der Waals surface area contributed by atoms with E-state index in [9.17, 15) is 5.11 Å². The van der Waals surface area contributed by atoms with Gasteiger partial charge in [-0.25, -0.2) is 0 Å². The molecule has 2 atom stereocenters. The lowest BCUT2D eigenvalue weighted by atomic mass is 9.57. The van der Waals surface area contributed by atoms with Gasteiger partial charge in [-0.2, -0.15) is 0 Å². The molecule has 1 aliphatic carbocycles. The van der Waals surface area contributed by atoms with Gasteiger partial charge >= 0.3 is 0 Å². The lowest BCUT2D eigenvalue weighted by Crippen LogP contribution is -2.56. The highest BCUT2D eigenvalue weighted by molar-refractivity contribution is 5.02. The van der Waals surface area contributed by atoms with Crippen molar-refractivity contribution < 1.29 is 5.11 Å². The fraction of sp³-hybridized carbons (Fsp3) is 1.00. The Morgan fingerprint density at radius 2 is 1.87 bits per heavy atom. The molecule has 1 fully saturated rings. The lowest BCUT2D eigenvalue weighted by Gasteiger charge is -2.52.